The van der Waals surface area contributed by atoms with E-state index in [1.165, 1.54) is 19.1 Å². The summed E-state index contributed by atoms with van der Waals surface area (Å²) in [5.74, 6) is -2.97. The van der Waals surface area contributed by atoms with E-state index < -0.39 is 38.3 Å². The van der Waals surface area contributed by atoms with Gasteiger partial charge in [0.1, 0.15) is 24.5 Å². The molecule has 0 amide bonds. The average molecular weight is 421 g/mol. The summed E-state index contributed by atoms with van der Waals surface area (Å²) in [6.07, 6.45) is -1.56. The van der Waals surface area contributed by atoms with Gasteiger partial charge < -0.3 is 19.1 Å². The van der Waals surface area contributed by atoms with Crippen LogP contribution in [0.3, 0.4) is 0 Å². The monoisotopic (exact) mass is 421 g/mol. The molecule has 0 spiro atoms. The van der Waals surface area contributed by atoms with Gasteiger partial charge in [0, 0.05) is 7.11 Å². The van der Waals surface area contributed by atoms with E-state index in [0.29, 0.717) is 0 Å². The third-order valence-corrected chi connectivity index (χ3v) is 5.25. The fourth-order valence-electron chi connectivity index (χ4n) is 1.90. The molecule has 8 nitrogen and oxygen atoms in total. The number of para-hydroxylation sites is 1. The van der Waals surface area contributed by atoms with Crippen LogP contribution >= 0.6 is 7.75 Å². The van der Waals surface area contributed by atoms with E-state index in [4.69, 9.17) is 13.8 Å². The number of esters is 1. The zero-order chi connectivity index (χ0) is 21.4. The molecule has 0 aliphatic carbocycles. The van der Waals surface area contributed by atoms with Crippen LogP contribution in [-0.2, 0) is 23.4 Å². The molecule has 0 aromatic heterocycles. The minimum atomic E-state index is -4.23. The van der Waals surface area contributed by atoms with Gasteiger partial charge in [-0.25, -0.2) is 8.96 Å². The maximum Gasteiger partial charge on any atom is 0.459 e. The fourth-order valence-corrected chi connectivity index (χ4v) is 3.40. The molecular formula is C18H29FNO7P. The Morgan fingerprint density at radius 3 is 2.36 bits per heavy atom. The molecule has 0 heterocycles. The molecule has 1 aromatic carbocycles. The summed E-state index contributed by atoms with van der Waals surface area (Å²) in [5, 5.41) is 12.0. The summed E-state index contributed by atoms with van der Waals surface area (Å²) in [4.78, 5) is 12.1. The summed E-state index contributed by atoms with van der Waals surface area (Å²) in [5.41, 5.74) is 0. The Kier molecular flexibility index (Phi) is 9.53. The highest BCUT2D eigenvalue weighted by atomic mass is 31.2. The molecule has 0 bridgehead atoms. The van der Waals surface area contributed by atoms with Crippen LogP contribution in [0, 0.1) is 5.92 Å². The summed E-state index contributed by atoms with van der Waals surface area (Å²) in [6.45, 7) is 5.62. The van der Waals surface area contributed by atoms with Crippen molar-refractivity contribution in [1.82, 2.24) is 5.09 Å². The Morgan fingerprint density at radius 1 is 1.25 bits per heavy atom. The van der Waals surface area contributed by atoms with Gasteiger partial charge in [0.2, 0.25) is 0 Å². The van der Waals surface area contributed by atoms with E-state index in [1.54, 1.807) is 18.2 Å². The van der Waals surface area contributed by atoms with Crippen LogP contribution in [0.5, 0.6) is 5.75 Å². The second-order valence-corrected chi connectivity index (χ2v) is 8.41. The van der Waals surface area contributed by atoms with Gasteiger partial charge in [-0.15, -0.1) is 0 Å². The number of carbonyl (C=O) groups is 1. The molecule has 0 saturated carbocycles. The van der Waals surface area contributed by atoms with Crippen LogP contribution in [-0.4, -0.2) is 49.4 Å². The molecule has 0 aliphatic heterocycles. The van der Waals surface area contributed by atoms with Crippen molar-refractivity contribution in [3.8, 4) is 5.75 Å². The summed E-state index contributed by atoms with van der Waals surface area (Å²) < 4.78 is 47.9. The highest BCUT2D eigenvalue weighted by molar-refractivity contribution is 7.52. The van der Waals surface area contributed by atoms with E-state index in [9.17, 15) is 18.9 Å². The van der Waals surface area contributed by atoms with Gasteiger partial charge in [-0.05, 0) is 31.9 Å². The van der Waals surface area contributed by atoms with Crippen molar-refractivity contribution in [2.75, 3.05) is 20.3 Å². The zero-order valence-corrected chi connectivity index (χ0v) is 17.6. The van der Waals surface area contributed by atoms with Gasteiger partial charge in [0.25, 0.3) is 5.85 Å². The SMILES string of the molecule is CO[C@](F)(COP(=O)(NC(C)C(=O)OCC(C)C)Oc1ccccc1)[C@H](C)O. The first-order valence-corrected chi connectivity index (χ1v) is 10.4. The number of alkyl halides is 1. The van der Waals surface area contributed by atoms with Crippen molar-refractivity contribution in [2.24, 2.45) is 5.92 Å². The molecule has 1 aromatic rings. The summed E-state index contributed by atoms with van der Waals surface area (Å²) in [7, 11) is -3.19. The number of aliphatic hydroxyl groups is 1. The lowest BCUT2D eigenvalue weighted by Gasteiger charge is -2.29. The van der Waals surface area contributed by atoms with Gasteiger partial charge in [-0.2, -0.15) is 5.09 Å². The minimum Gasteiger partial charge on any atom is -0.464 e. The number of aliphatic hydroxyl groups excluding tert-OH is 1. The second kappa shape index (κ2) is 10.9. The first-order chi connectivity index (χ1) is 13.0. The van der Waals surface area contributed by atoms with Gasteiger partial charge in [0.15, 0.2) is 0 Å². The minimum absolute atomic E-state index is 0.125. The van der Waals surface area contributed by atoms with Crippen molar-refractivity contribution < 1.29 is 37.4 Å². The largest absolute Gasteiger partial charge is 0.464 e. The summed E-state index contributed by atoms with van der Waals surface area (Å²) >= 11 is 0. The van der Waals surface area contributed by atoms with Gasteiger partial charge >= 0.3 is 13.7 Å². The molecule has 1 rings (SSSR count). The molecule has 28 heavy (non-hydrogen) atoms. The predicted molar refractivity (Wildman–Crippen MR) is 102 cm³/mol. The Bertz CT molecular complexity index is 659. The molecule has 0 radical (unpaired) electrons. The van der Waals surface area contributed by atoms with E-state index in [0.717, 1.165) is 14.0 Å². The van der Waals surface area contributed by atoms with E-state index in [-0.39, 0.29) is 18.3 Å². The quantitative estimate of drug-likeness (QED) is 0.392. The van der Waals surface area contributed by atoms with Crippen molar-refractivity contribution >= 4 is 13.7 Å². The molecule has 10 heteroatoms. The highest BCUT2D eigenvalue weighted by Gasteiger charge is 2.41. The number of rotatable bonds is 12. The Labute approximate surface area is 164 Å². The van der Waals surface area contributed by atoms with Crippen LogP contribution in [0.15, 0.2) is 30.3 Å². The molecule has 0 aliphatic rings. The Balaban J connectivity index is 2.94. The van der Waals surface area contributed by atoms with Crippen LogP contribution in [0.4, 0.5) is 4.39 Å². The lowest BCUT2D eigenvalue weighted by atomic mass is 10.2. The number of methoxy groups -OCH3 is 1. The standard InChI is InChI=1S/C18H29FNO7P/c1-13(2)11-25-17(22)14(3)20-28(23,27-16-9-7-6-8-10-16)26-12-18(19,24-5)15(4)21/h6-10,13-15,21H,11-12H2,1-5H3,(H,20,23)/t14?,15-,18+,28?/m0/s1. The zero-order valence-electron chi connectivity index (χ0n) is 16.8. The Morgan fingerprint density at radius 2 is 1.86 bits per heavy atom. The number of ether oxygens (including phenoxy) is 2. The lowest BCUT2D eigenvalue weighted by molar-refractivity contribution is -0.202. The fraction of sp³-hybridized carbons (Fsp3) is 0.611. The lowest BCUT2D eigenvalue weighted by Crippen LogP contribution is -2.43. The molecule has 0 fully saturated rings. The first kappa shape index (κ1) is 24.5. The van der Waals surface area contributed by atoms with Gasteiger partial charge in [-0.3, -0.25) is 9.32 Å². The topological polar surface area (TPSA) is 103 Å². The normalized spacial score (nSPS) is 18.0. The van der Waals surface area contributed by atoms with Crippen molar-refractivity contribution in [3.05, 3.63) is 30.3 Å². The maximum absolute atomic E-state index is 14.5. The third-order valence-electron chi connectivity index (χ3n) is 3.63. The Hall–Kier alpha value is -1.51. The molecular weight excluding hydrogens is 392 g/mol. The number of benzene rings is 1. The van der Waals surface area contributed by atoms with E-state index in [2.05, 4.69) is 9.82 Å². The van der Waals surface area contributed by atoms with Crippen molar-refractivity contribution in [2.45, 2.75) is 45.7 Å². The average Bonchev–Trinajstić information content (AvgIpc) is 2.64. The van der Waals surface area contributed by atoms with Gasteiger partial charge in [-0.1, -0.05) is 32.0 Å². The molecule has 2 N–H and O–H groups in total. The highest BCUT2D eigenvalue weighted by Crippen LogP contribution is 2.46. The summed E-state index contributed by atoms with van der Waals surface area (Å²) in [6, 6.07) is 6.99. The molecule has 2 unspecified atom stereocenters. The maximum atomic E-state index is 14.5. The number of halogens is 1. The third kappa shape index (κ3) is 7.85. The van der Waals surface area contributed by atoms with E-state index >= 15 is 0 Å². The molecule has 4 atom stereocenters. The van der Waals surface area contributed by atoms with Crippen LogP contribution in [0.25, 0.3) is 0 Å². The smallest absolute Gasteiger partial charge is 0.459 e. The first-order valence-electron chi connectivity index (χ1n) is 8.87. The van der Waals surface area contributed by atoms with Crippen molar-refractivity contribution in [1.29, 1.82) is 0 Å². The van der Waals surface area contributed by atoms with Crippen LogP contribution < -0.4 is 9.61 Å². The van der Waals surface area contributed by atoms with Crippen LogP contribution in [0.1, 0.15) is 27.7 Å². The van der Waals surface area contributed by atoms with E-state index in [1.807, 2.05) is 13.8 Å². The second-order valence-electron chi connectivity index (χ2n) is 6.72. The molecule has 0 saturated heterocycles. The van der Waals surface area contributed by atoms with Crippen molar-refractivity contribution in [3.63, 3.8) is 0 Å². The van der Waals surface area contributed by atoms with Crippen LogP contribution in [0.2, 0.25) is 0 Å². The number of carbonyl (C=O) groups excluding carboxylic acids is 1. The number of hydrogen-bond acceptors (Lipinski definition) is 7. The number of hydrogen-bond donors (Lipinski definition) is 2. The molecule has 160 valence electrons. The van der Waals surface area contributed by atoms with Gasteiger partial charge in [0.05, 0.1) is 6.61 Å². The predicted octanol–water partition coefficient (Wildman–Crippen LogP) is 3.06. The number of nitrogens with one attached hydrogen (secondary N) is 1.